The van der Waals surface area contributed by atoms with E-state index >= 15 is 0 Å². The molecule has 0 amide bonds. The lowest BCUT2D eigenvalue weighted by atomic mass is 9.76. The predicted molar refractivity (Wildman–Crippen MR) is 101 cm³/mol. The van der Waals surface area contributed by atoms with Crippen molar-refractivity contribution in [1.82, 2.24) is 10.2 Å². The minimum atomic E-state index is 0. The Morgan fingerprint density at radius 3 is 2.43 bits per heavy atom. The van der Waals surface area contributed by atoms with Crippen LogP contribution in [0.1, 0.15) is 30.9 Å². The average Bonchev–Trinajstić information content (AvgIpc) is 2.46. The van der Waals surface area contributed by atoms with Crippen LogP contribution in [0, 0.1) is 5.92 Å². The SMILES string of the molecule is COc1cc([C@@H](C2CCC2)N2CCNCC2)cc(Br)c1O.Cl.Cl. The molecule has 1 aliphatic carbocycles. The summed E-state index contributed by atoms with van der Waals surface area (Å²) in [6.45, 7) is 4.28. The maximum absolute atomic E-state index is 10.0. The van der Waals surface area contributed by atoms with Gasteiger partial charge >= 0.3 is 0 Å². The fraction of sp³-hybridized carbons (Fsp3) is 0.625. The van der Waals surface area contributed by atoms with Gasteiger partial charge in [-0.2, -0.15) is 0 Å². The summed E-state index contributed by atoms with van der Waals surface area (Å²) in [6.07, 6.45) is 3.94. The molecule has 1 aliphatic heterocycles. The fourth-order valence-electron chi connectivity index (χ4n) is 3.42. The molecule has 1 aromatic carbocycles. The molecular formula is C16H25BrCl2N2O2. The van der Waals surface area contributed by atoms with Crippen molar-refractivity contribution in [3.63, 3.8) is 0 Å². The highest BCUT2D eigenvalue weighted by Crippen LogP contribution is 2.45. The van der Waals surface area contributed by atoms with Crippen LogP contribution in [0.15, 0.2) is 16.6 Å². The van der Waals surface area contributed by atoms with E-state index in [9.17, 15) is 5.11 Å². The quantitative estimate of drug-likeness (QED) is 0.767. The molecule has 0 unspecified atom stereocenters. The molecule has 1 aromatic rings. The average molecular weight is 428 g/mol. The van der Waals surface area contributed by atoms with Crippen LogP contribution in [0.2, 0.25) is 0 Å². The van der Waals surface area contributed by atoms with Gasteiger partial charge in [0, 0.05) is 32.2 Å². The molecule has 7 heteroatoms. The van der Waals surface area contributed by atoms with Crippen LogP contribution in [0.3, 0.4) is 0 Å². The fourth-order valence-corrected chi connectivity index (χ4v) is 3.88. The molecule has 1 heterocycles. The lowest BCUT2D eigenvalue weighted by Crippen LogP contribution is -2.47. The number of nitrogens with one attached hydrogen (secondary N) is 1. The highest BCUT2D eigenvalue weighted by atomic mass is 79.9. The number of halogens is 3. The van der Waals surface area contributed by atoms with Crippen molar-refractivity contribution < 1.29 is 9.84 Å². The summed E-state index contributed by atoms with van der Waals surface area (Å²) in [7, 11) is 1.61. The van der Waals surface area contributed by atoms with E-state index in [1.807, 2.05) is 6.07 Å². The van der Waals surface area contributed by atoms with Gasteiger partial charge in [0.25, 0.3) is 0 Å². The summed E-state index contributed by atoms with van der Waals surface area (Å²) in [5, 5.41) is 13.5. The molecule has 0 spiro atoms. The summed E-state index contributed by atoms with van der Waals surface area (Å²) in [5.41, 5.74) is 1.25. The third-order valence-corrected chi connectivity index (χ3v) is 5.36. The van der Waals surface area contributed by atoms with Crippen molar-refractivity contribution in [2.75, 3.05) is 33.3 Å². The van der Waals surface area contributed by atoms with Crippen molar-refractivity contribution in [3.05, 3.63) is 22.2 Å². The zero-order chi connectivity index (χ0) is 14.8. The van der Waals surface area contributed by atoms with Gasteiger partial charge in [-0.05, 0) is 52.4 Å². The lowest BCUT2D eigenvalue weighted by molar-refractivity contribution is 0.0834. The molecule has 23 heavy (non-hydrogen) atoms. The number of phenols is 1. The monoisotopic (exact) mass is 426 g/mol. The Kier molecular flexibility index (Phi) is 8.45. The number of hydrogen-bond donors (Lipinski definition) is 2. The zero-order valence-electron chi connectivity index (χ0n) is 13.3. The van der Waals surface area contributed by atoms with E-state index in [1.165, 1.54) is 24.8 Å². The van der Waals surface area contributed by atoms with Gasteiger partial charge in [-0.15, -0.1) is 24.8 Å². The molecule has 132 valence electrons. The van der Waals surface area contributed by atoms with Gasteiger partial charge in [-0.3, -0.25) is 4.90 Å². The van der Waals surface area contributed by atoms with Gasteiger partial charge in [-0.25, -0.2) is 0 Å². The summed E-state index contributed by atoms with van der Waals surface area (Å²) in [4.78, 5) is 2.58. The number of methoxy groups -OCH3 is 1. The number of nitrogens with zero attached hydrogens (tertiary/aromatic N) is 1. The smallest absolute Gasteiger partial charge is 0.172 e. The summed E-state index contributed by atoms with van der Waals surface area (Å²) >= 11 is 3.46. The van der Waals surface area contributed by atoms with Gasteiger partial charge in [0.05, 0.1) is 11.6 Å². The zero-order valence-corrected chi connectivity index (χ0v) is 16.5. The highest BCUT2D eigenvalue weighted by molar-refractivity contribution is 9.10. The Balaban J connectivity index is 0.00000132. The first kappa shape index (κ1) is 20.8. The molecule has 0 bridgehead atoms. The van der Waals surface area contributed by atoms with E-state index < -0.39 is 0 Å². The normalized spacial score (nSPS) is 19.9. The van der Waals surface area contributed by atoms with Crippen LogP contribution in [0.4, 0.5) is 0 Å². The van der Waals surface area contributed by atoms with E-state index in [2.05, 4.69) is 32.2 Å². The molecule has 2 fully saturated rings. The van der Waals surface area contributed by atoms with E-state index in [0.717, 1.165) is 36.6 Å². The first-order valence-corrected chi connectivity index (χ1v) is 8.51. The number of aromatic hydroxyl groups is 1. The minimum Gasteiger partial charge on any atom is -0.503 e. The van der Waals surface area contributed by atoms with Crippen molar-refractivity contribution in [2.24, 2.45) is 5.92 Å². The van der Waals surface area contributed by atoms with Crippen LogP contribution in [-0.2, 0) is 0 Å². The largest absolute Gasteiger partial charge is 0.503 e. The molecule has 1 atom stereocenters. The molecule has 4 nitrogen and oxygen atoms in total. The summed E-state index contributed by atoms with van der Waals surface area (Å²) < 4.78 is 6.04. The first-order valence-electron chi connectivity index (χ1n) is 7.72. The Morgan fingerprint density at radius 2 is 1.91 bits per heavy atom. The van der Waals surface area contributed by atoms with E-state index in [0.29, 0.717) is 11.8 Å². The van der Waals surface area contributed by atoms with E-state index in [4.69, 9.17) is 4.74 Å². The van der Waals surface area contributed by atoms with Gasteiger partial charge < -0.3 is 15.2 Å². The van der Waals surface area contributed by atoms with E-state index in [-0.39, 0.29) is 30.6 Å². The van der Waals surface area contributed by atoms with Crippen molar-refractivity contribution in [2.45, 2.75) is 25.3 Å². The number of rotatable bonds is 4. The Bertz CT molecular complexity index is 509. The van der Waals surface area contributed by atoms with Crippen LogP contribution in [-0.4, -0.2) is 43.3 Å². The Labute approximate surface area is 158 Å². The van der Waals surface area contributed by atoms with Crippen LogP contribution < -0.4 is 10.1 Å². The Hall–Kier alpha value is -0.200. The van der Waals surface area contributed by atoms with Crippen molar-refractivity contribution in [3.8, 4) is 11.5 Å². The second-order valence-corrected chi connectivity index (χ2v) is 6.83. The van der Waals surface area contributed by atoms with Crippen LogP contribution in [0.5, 0.6) is 11.5 Å². The molecular weight excluding hydrogens is 403 g/mol. The second kappa shape index (κ2) is 9.33. The van der Waals surface area contributed by atoms with Crippen LogP contribution >= 0.6 is 40.7 Å². The van der Waals surface area contributed by atoms with Crippen molar-refractivity contribution in [1.29, 1.82) is 0 Å². The standard InChI is InChI=1S/C16H23BrN2O2.2ClH/c1-21-14-10-12(9-13(17)16(14)20)15(11-3-2-4-11)19-7-5-18-6-8-19;;/h9-11,15,18,20H,2-8H2,1H3;2*1H/t15-;;/m1../s1. The molecule has 2 N–H and O–H groups in total. The maximum Gasteiger partial charge on any atom is 0.172 e. The van der Waals surface area contributed by atoms with Gasteiger partial charge in [0.2, 0.25) is 0 Å². The number of benzene rings is 1. The van der Waals surface area contributed by atoms with E-state index in [1.54, 1.807) is 7.11 Å². The topological polar surface area (TPSA) is 44.7 Å². The molecule has 2 aliphatic rings. The first-order chi connectivity index (χ1) is 10.2. The third-order valence-electron chi connectivity index (χ3n) is 4.75. The Morgan fingerprint density at radius 1 is 1.26 bits per heavy atom. The number of hydrogen-bond acceptors (Lipinski definition) is 4. The second-order valence-electron chi connectivity index (χ2n) is 5.98. The molecule has 3 rings (SSSR count). The van der Waals surface area contributed by atoms with Crippen molar-refractivity contribution >= 4 is 40.7 Å². The molecule has 0 radical (unpaired) electrons. The predicted octanol–water partition coefficient (Wildman–Crippen LogP) is 3.75. The number of phenolic OH excluding ortho intramolecular Hbond substituents is 1. The summed E-state index contributed by atoms with van der Waals surface area (Å²) in [6, 6.07) is 4.50. The minimum absolute atomic E-state index is 0. The molecule has 1 saturated carbocycles. The molecule has 0 aromatic heterocycles. The van der Waals surface area contributed by atoms with Crippen LogP contribution in [0.25, 0.3) is 0 Å². The van der Waals surface area contributed by atoms with Gasteiger partial charge in [0.1, 0.15) is 0 Å². The highest BCUT2D eigenvalue weighted by Gasteiger charge is 2.34. The lowest BCUT2D eigenvalue weighted by Gasteiger charge is -2.43. The number of ether oxygens (including phenoxy) is 1. The maximum atomic E-state index is 10.0. The molecule has 1 saturated heterocycles. The summed E-state index contributed by atoms with van der Waals surface area (Å²) in [5.74, 6) is 1.47. The van der Waals surface area contributed by atoms with Gasteiger partial charge in [-0.1, -0.05) is 6.42 Å². The number of piperazine rings is 1. The third kappa shape index (κ3) is 4.45. The van der Waals surface area contributed by atoms with Gasteiger partial charge in [0.15, 0.2) is 11.5 Å².